The van der Waals surface area contributed by atoms with Crippen molar-refractivity contribution in [2.75, 3.05) is 12.4 Å². The van der Waals surface area contributed by atoms with Crippen molar-refractivity contribution in [1.29, 1.82) is 0 Å². The van der Waals surface area contributed by atoms with Crippen molar-refractivity contribution in [3.8, 4) is 17.2 Å². The minimum absolute atomic E-state index is 0.0416. The molecule has 1 unspecified atom stereocenters. The number of phenols is 1. The topological polar surface area (TPSA) is 120 Å². The molecule has 4 N–H and O–H groups in total. The molecular weight excluding hydrogens is 403 g/mol. The van der Waals surface area contributed by atoms with Crippen LogP contribution < -0.4 is 20.5 Å². The lowest BCUT2D eigenvalue weighted by molar-refractivity contribution is -0.125. The molecule has 8 nitrogen and oxygen atoms in total. The molecule has 0 aliphatic rings. The maximum atomic E-state index is 14.3. The average molecular weight is 428 g/mol. The van der Waals surface area contributed by atoms with Crippen LogP contribution in [-0.2, 0) is 4.79 Å². The number of hydrogen-bond acceptors (Lipinski definition) is 7. The molecule has 0 spiro atoms. The van der Waals surface area contributed by atoms with E-state index in [0.29, 0.717) is 40.2 Å². The second-order valence-electron chi connectivity index (χ2n) is 7.09. The van der Waals surface area contributed by atoms with Gasteiger partial charge in [-0.1, -0.05) is 13.3 Å². The highest BCUT2D eigenvalue weighted by atomic mass is 19.1. The number of phenolic OH excluding ortho intramolecular Hbond substituents is 1. The summed E-state index contributed by atoms with van der Waals surface area (Å²) in [5, 5.41) is 13.4. The molecule has 31 heavy (non-hydrogen) atoms. The quantitative estimate of drug-likeness (QED) is 0.472. The van der Waals surface area contributed by atoms with Gasteiger partial charge in [-0.3, -0.25) is 4.79 Å². The molecule has 0 saturated carbocycles. The summed E-state index contributed by atoms with van der Waals surface area (Å²) >= 11 is 0. The second kappa shape index (κ2) is 9.46. The number of unbranched alkanes of at least 4 members (excludes halogenated alkanes) is 1. The van der Waals surface area contributed by atoms with Crippen molar-refractivity contribution in [1.82, 2.24) is 9.97 Å². The Morgan fingerprint density at radius 2 is 2.06 bits per heavy atom. The number of carbonyl (C=O) groups is 1. The number of aromatic nitrogens is 2. The molecule has 3 rings (SSSR count). The van der Waals surface area contributed by atoms with Gasteiger partial charge in [-0.15, -0.1) is 0 Å². The van der Waals surface area contributed by atoms with Gasteiger partial charge in [0.25, 0.3) is 5.91 Å². The van der Waals surface area contributed by atoms with Crippen molar-refractivity contribution in [2.45, 2.75) is 39.2 Å². The van der Waals surface area contributed by atoms with Crippen molar-refractivity contribution < 1.29 is 23.8 Å². The molecule has 0 aliphatic heterocycles. The van der Waals surface area contributed by atoms with E-state index in [4.69, 9.17) is 15.2 Å². The Morgan fingerprint density at radius 1 is 1.29 bits per heavy atom. The van der Waals surface area contributed by atoms with E-state index in [-0.39, 0.29) is 11.4 Å². The van der Waals surface area contributed by atoms with Crippen LogP contribution >= 0.6 is 0 Å². The number of ether oxygens (including phenoxy) is 2. The zero-order chi connectivity index (χ0) is 22.5. The third-order valence-corrected chi connectivity index (χ3v) is 4.96. The minimum Gasteiger partial charge on any atom is -0.508 e. The summed E-state index contributed by atoms with van der Waals surface area (Å²) in [6.07, 6.45) is 2.69. The Hall–Kier alpha value is -3.62. The summed E-state index contributed by atoms with van der Waals surface area (Å²) in [6, 6.07) is 5.71. The highest BCUT2D eigenvalue weighted by Gasteiger charge is 2.21. The number of carbonyl (C=O) groups excluding carboxylic acids is 1. The number of amides is 1. The summed E-state index contributed by atoms with van der Waals surface area (Å²) in [5.74, 6) is -0.148. The Labute approximate surface area is 179 Å². The fraction of sp³-hybridized carbons (Fsp3) is 0.318. The van der Waals surface area contributed by atoms with E-state index in [1.54, 1.807) is 19.1 Å². The van der Waals surface area contributed by atoms with Gasteiger partial charge in [0, 0.05) is 17.0 Å². The molecule has 9 heteroatoms. The van der Waals surface area contributed by atoms with Crippen LogP contribution in [0.4, 0.5) is 15.9 Å². The number of fused-ring (bicyclic) bond motifs is 1. The first-order chi connectivity index (χ1) is 14.8. The Kier molecular flexibility index (Phi) is 6.74. The number of methoxy groups -OCH3 is 1. The molecule has 164 valence electrons. The molecule has 2 aromatic carbocycles. The van der Waals surface area contributed by atoms with Gasteiger partial charge in [0.2, 0.25) is 0 Å². The summed E-state index contributed by atoms with van der Waals surface area (Å²) in [6.45, 7) is 3.61. The van der Waals surface area contributed by atoms with Gasteiger partial charge in [-0.25, -0.2) is 14.4 Å². The predicted molar refractivity (Wildman–Crippen MR) is 115 cm³/mol. The third-order valence-electron chi connectivity index (χ3n) is 4.96. The molecule has 1 heterocycles. The molecule has 0 bridgehead atoms. The summed E-state index contributed by atoms with van der Waals surface area (Å²) in [4.78, 5) is 20.2. The molecular formula is C22H25FN4O4. The number of nitrogens with zero attached hydrogens (tertiary/aromatic N) is 2. The lowest BCUT2D eigenvalue weighted by atomic mass is 10.1. The number of aromatic hydroxyl groups is 1. The first kappa shape index (κ1) is 22.1. The smallest absolute Gasteiger partial charge is 0.258 e. The monoisotopic (exact) mass is 428 g/mol. The molecule has 1 atom stereocenters. The lowest BCUT2D eigenvalue weighted by Gasteiger charge is -2.19. The molecule has 0 radical (unpaired) electrons. The van der Waals surface area contributed by atoms with Gasteiger partial charge in [0.15, 0.2) is 17.6 Å². The number of rotatable bonds is 9. The highest BCUT2D eigenvalue weighted by molar-refractivity contribution is 5.93. The Balaban J connectivity index is 2.02. The van der Waals surface area contributed by atoms with Crippen molar-refractivity contribution >= 4 is 28.3 Å². The average Bonchev–Trinajstić information content (AvgIpc) is 2.76. The molecule has 0 aliphatic carbocycles. The minimum atomic E-state index is -0.797. The Bertz CT molecular complexity index is 1110. The zero-order valence-corrected chi connectivity index (χ0v) is 17.6. The van der Waals surface area contributed by atoms with Crippen LogP contribution in [0.2, 0.25) is 0 Å². The van der Waals surface area contributed by atoms with Crippen LogP contribution in [0.15, 0.2) is 30.6 Å². The van der Waals surface area contributed by atoms with Crippen molar-refractivity contribution in [2.24, 2.45) is 5.73 Å². The van der Waals surface area contributed by atoms with Crippen LogP contribution in [0.25, 0.3) is 10.9 Å². The van der Waals surface area contributed by atoms with Gasteiger partial charge >= 0.3 is 0 Å². The van der Waals surface area contributed by atoms with E-state index in [0.717, 1.165) is 12.8 Å². The SMILES string of the molecule is CCCCC(Oc1cc2ncnc(Nc3c(F)ccc(O)c3C)c2cc1OC)C(N)=O. The number of halogens is 1. The number of benzene rings is 2. The number of nitrogens with one attached hydrogen (secondary N) is 1. The van der Waals surface area contributed by atoms with E-state index < -0.39 is 17.8 Å². The molecule has 1 aromatic heterocycles. The predicted octanol–water partition coefficient (Wildman–Crippen LogP) is 3.96. The first-order valence-corrected chi connectivity index (χ1v) is 9.89. The fourth-order valence-electron chi connectivity index (χ4n) is 3.16. The maximum Gasteiger partial charge on any atom is 0.258 e. The maximum absolute atomic E-state index is 14.3. The lowest BCUT2D eigenvalue weighted by Crippen LogP contribution is -2.33. The number of hydrogen-bond donors (Lipinski definition) is 3. The number of primary amides is 1. The Morgan fingerprint density at radius 3 is 2.74 bits per heavy atom. The largest absolute Gasteiger partial charge is 0.508 e. The third kappa shape index (κ3) is 4.76. The molecule has 0 fully saturated rings. The van der Waals surface area contributed by atoms with Gasteiger partial charge in [0.05, 0.1) is 18.3 Å². The second-order valence-corrected chi connectivity index (χ2v) is 7.09. The number of anilines is 2. The van der Waals surface area contributed by atoms with E-state index in [1.165, 1.54) is 25.6 Å². The summed E-state index contributed by atoms with van der Waals surface area (Å²) in [5.41, 5.74) is 6.43. The van der Waals surface area contributed by atoms with Crippen LogP contribution in [-0.4, -0.2) is 34.2 Å². The molecule has 3 aromatic rings. The highest BCUT2D eigenvalue weighted by Crippen LogP contribution is 2.37. The van der Waals surface area contributed by atoms with Gasteiger partial charge in [-0.05, 0) is 38.0 Å². The van der Waals surface area contributed by atoms with Crippen LogP contribution in [0.1, 0.15) is 31.7 Å². The van der Waals surface area contributed by atoms with Crippen LogP contribution in [0.3, 0.4) is 0 Å². The van der Waals surface area contributed by atoms with E-state index >= 15 is 0 Å². The van der Waals surface area contributed by atoms with Gasteiger partial charge in [0.1, 0.15) is 23.7 Å². The van der Waals surface area contributed by atoms with E-state index in [2.05, 4.69) is 15.3 Å². The standard InChI is InChI=1S/C22H25FN4O4/c1-4-5-6-17(21(24)29)31-19-10-15-13(9-18(19)30-3)22(26-11-25-15)27-20-12(2)16(28)8-7-14(20)23/h7-11,17,28H,4-6H2,1-3H3,(H2,24,29)(H,25,26,27). The normalized spacial score (nSPS) is 11.9. The number of nitrogens with two attached hydrogens (primary N) is 1. The van der Waals surface area contributed by atoms with E-state index in [1.807, 2.05) is 6.92 Å². The first-order valence-electron chi connectivity index (χ1n) is 9.89. The van der Waals surface area contributed by atoms with E-state index in [9.17, 15) is 14.3 Å². The summed E-state index contributed by atoms with van der Waals surface area (Å²) < 4.78 is 25.6. The van der Waals surface area contributed by atoms with Crippen LogP contribution in [0.5, 0.6) is 17.2 Å². The van der Waals surface area contributed by atoms with Crippen LogP contribution in [0, 0.1) is 12.7 Å². The van der Waals surface area contributed by atoms with Crippen molar-refractivity contribution in [3.05, 3.63) is 42.0 Å². The summed E-state index contributed by atoms with van der Waals surface area (Å²) in [7, 11) is 1.47. The van der Waals surface area contributed by atoms with Crippen molar-refractivity contribution in [3.63, 3.8) is 0 Å². The van der Waals surface area contributed by atoms with Gasteiger partial charge < -0.3 is 25.6 Å². The van der Waals surface area contributed by atoms with Gasteiger partial charge in [-0.2, -0.15) is 0 Å². The zero-order valence-electron chi connectivity index (χ0n) is 17.6. The fourth-order valence-corrected chi connectivity index (χ4v) is 3.16. The molecule has 0 saturated heterocycles. The molecule has 1 amide bonds.